The summed E-state index contributed by atoms with van der Waals surface area (Å²) in [5.74, 6) is 1.75. The summed E-state index contributed by atoms with van der Waals surface area (Å²) in [6.45, 7) is 3.02. The molecule has 1 N–H and O–H groups in total. The van der Waals surface area contributed by atoms with Gasteiger partial charge in [0.25, 0.3) is 0 Å². The molecule has 3 nitrogen and oxygen atoms in total. The van der Waals surface area contributed by atoms with E-state index in [1.807, 2.05) is 0 Å². The van der Waals surface area contributed by atoms with Crippen LogP contribution in [-0.4, -0.2) is 26.0 Å². The van der Waals surface area contributed by atoms with E-state index in [0.29, 0.717) is 5.92 Å². The Bertz CT molecular complexity index is 205. The van der Waals surface area contributed by atoms with Gasteiger partial charge in [0, 0.05) is 5.92 Å². The third-order valence-electron chi connectivity index (χ3n) is 2.40. The van der Waals surface area contributed by atoms with Crippen molar-refractivity contribution in [3.8, 4) is 0 Å². The largest absolute Gasteiger partial charge is 0.450 e. The number of nitrogens with one attached hydrogen (secondary N) is 1. The molecule has 2 aliphatic heterocycles. The highest BCUT2D eigenvalue weighted by atomic mass is 16.5. The van der Waals surface area contributed by atoms with E-state index in [1.54, 1.807) is 6.40 Å². The molecule has 3 heteroatoms. The van der Waals surface area contributed by atoms with Crippen LogP contribution in [0.5, 0.6) is 0 Å². The highest BCUT2D eigenvalue weighted by molar-refractivity contribution is 5.50. The summed E-state index contributed by atoms with van der Waals surface area (Å²) in [6, 6.07) is 0. The minimum Gasteiger partial charge on any atom is -0.450 e. The van der Waals surface area contributed by atoms with Crippen LogP contribution in [0.15, 0.2) is 16.8 Å². The third kappa shape index (κ3) is 1.67. The van der Waals surface area contributed by atoms with Gasteiger partial charge in [-0.05, 0) is 32.0 Å². The first kappa shape index (κ1) is 7.80. The molecule has 0 atom stereocenters. The van der Waals surface area contributed by atoms with Crippen molar-refractivity contribution in [3.05, 3.63) is 11.8 Å². The SMILES string of the molecule is C1=NCC=C(C2CCNCC2)O1. The number of nitrogens with zero attached hydrogens (tertiary/aromatic N) is 1. The van der Waals surface area contributed by atoms with Gasteiger partial charge >= 0.3 is 0 Å². The van der Waals surface area contributed by atoms with Gasteiger partial charge in [0.1, 0.15) is 5.76 Å². The van der Waals surface area contributed by atoms with E-state index in [0.717, 1.165) is 25.4 Å². The minimum absolute atomic E-state index is 0.623. The number of ether oxygens (including phenoxy) is 1. The molecule has 0 amide bonds. The van der Waals surface area contributed by atoms with Crippen molar-refractivity contribution in [2.45, 2.75) is 12.8 Å². The number of hydrogen-bond acceptors (Lipinski definition) is 3. The van der Waals surface area contributed by atoms with Gasteiger partial charge in [0.05, 0.1) is 6.54 Å². The maximum atomic E-state index is 5.36. The highest BCUT2D eigenvalue weighted by Crippen LogP contribution is 2.22. The smallest absolute Gasteiger partial charge is 0.176 e. The Balaban J connectivity index is 1.93. The van der Waals surface area contributed by atoms with E-state index in [4.69, 9.17) is 4.74 Å². The summed E-state index contributed by atoms with van der Waals surface area (Å²) in [6.07, 6.45) is 6.05. The second-order valence-electron chi connectivity index (χ2n) is 3.22. The highest BCUT2D eigenvalue weighted by Gasteiger charge is 2.19. The topological polar surface area (TPSA) is 33.6 Å². The van der Waals surface area contributed by atoms with Crippen LogP contribution < -0.4 is 5.32 Å². The Morgan fingerprint density at radius 2 is 2.25 bits per heavy atom. The second-order valence-corrected chi connectivity index (χ2v) is 3.22. The standard InChI is InChI=1S/C9H14N2O/c1-4-10-5-2-8(1)9-3-6-11-7-12-9/h3,7-8,10H,1-2,4-6H2. The molecule has 12 heavy (non-hydrogen) atoms. The molecule has 2 heterocycles. The molecule has 0 aromatic heterocycles. The van der Waals surface area contributed by atoms with Crippen LogP contribution in [0.3, 0.4) is 0 Å². The molecule has 2 rings (SSSR count). The molecule has 0 radical (unpaired) electrons. The Hall–Kier alpha value is -0.830. The Morgan fingerprint density at radius 1 is 1.42 bits per heavy atom. The van der Waals surface area contributed by atoms with E-state index in [1.165, 1.54) is 12.8 Å². The van der Waals surface area contributed by atoms with E-state index in [9.17, 15) is 0 Å². The van der Waals surface area contributed by atoms with Gasteiger partial charge < -0.3 is 10.1 Å². The second kappa shape index (κ2) is 3.72. The van der Waals surface area contributed by atoms with Gasteiger partial charge in [0.15, 0.2) is 6.40 Å². The molecule has 0 saturated carbocycles. The zero-order chi connectivity index (χ0) is 8.23. The van der Waals surface area contributed by atoms with Crippen molar-refractivity contribution in [2.75, 3.05) is 19.6 Å². The van der Waals surface area contributed by atoms with Gasteiger partial charge in [-0.2, -0.15) is 0 Å². The van der Waals surface area contributed by atoms with Gasteiger partial charge in [-0.15, -0.1) is 0 Å². The molecule has 2 aliphatic rings. The van der Waals surface area contributed by atoms with Crippen LogP contribution in [0, 0.1) is 5.92 Å². The lowest BCUT2D eigenvalue weighted by molar-refractivity contribution is 0.292. The van der Waals surface area contributed by atoms with Crippen LogP contribution in [0.4, 0.5) is 0 Å². The van der Waals surface area contributed by atoms with Crippen molar-refractivity contribution in [1.82, 2.24) is 5.32 Å². The Kier molecular flexibility index (Phi) is 2.42. The molecule has 0 aromatic carbocycles. The lowest BCUT2D eigenvalue weighted by atomic mass is 9.95. The molecule has 0 unspecified atom stereocenters. The summed E-state index contributed by atoms with van der Waals surface area (Å²) in [4.78, 5) is 3.98. The van der Waals surface area contributed by atoms with Crippen molar-refractivity contribution in [3.63, 3.8) is 0 Å². The third-order valence-corrected chi connectivity index (χ3v) is 2.40. The number of aliphatic imine (C=N–C) groups is 1. The van der Waals surface area contributed by atoms with Crippen molar-refractivity contribution >= 4 is 6.40 Å². The van der Waals surface area contributed by atoms with Crippen molar-refractivity contribution < 1.29 is 4.74 Å². The van der Waals surface area contributed by atoms with Gasteiger partial charge in [-0.25, -0.2) is 0 Å². The molecule has 66 valence electrons. The molecular weight excluding hydrogens is 152 g/mol. The molecule has 0 aliphatic carbocycles. The molecule has 0 aromatic rings. The predicted octanol–water partition coefficient (Wildman–Crippen LogP) is 0.928. The summed E-state index contributed by atoms with van der Waals surface area (Å²) in [5.41, 5.74) is 0. The van der Waals surface area contributed by atoms with Gasteiger partial charge in [-0.3, -0.25) is 4.99 Å². The lowest BCUT2D eigenvalue weighted by Crippen LogP contribution is -2.29. The normalized spacial score (nSPS) is 24.8. The molecule has 0 bridgehead atoms. The first-order valence-electron chi connectivity index (χ1n) is 4.52. The predicted molar refractivity (Wildman–Crippen MR) is 48.1 cm³/mol. The molecular formula is C9H14N2O. The maximum absolute atomic E-state index is 5.36. The molecule has 1 fully saturated rings. The summed E-state index contributed by atoms with van der Waals surface area (Å²) >= 11 is 0. The molecule has 1 saturated heterocycles. The summed E-state index contributed by atoms with van der Waals surface area (Å²) < 4.78 is 5.36. The zero-order valence-corrected chi connectivity index (χ0v) is 7.12. The van der Waals surface area contributed by atoms with Gasteiger partial charge in [-0.1, -0.05) is 0 Å². The van der Waals surface area contributed by atoms with Gasteiger partial charge in [0.2, 0.25) is 0 Å². The van der Waals surface area contributed by atoms with Crippen LogP contribution >= 0.6 is 0 Å². The molecule has 0 spiro atoms. The number of rotatable bonds is 1. The fraction of sp³-hybridized carbons (Fsp3) is 0.667. The van der Waals surface area contributed by atoms with Crippen LogP contribution in [0.1, 0.15) is 12.8 Å². The summed E-state index contributed by atoms with van der Waals surface area (Å²) in [5, 5.41) is 3.34. The first-order chi connectivity index (χ1) is 5.97. The van der Waals surface area contributed by atoms with Crippen molar-refractivity contribution in [1.29, 1.82) is 0 Å². The Morgan fingerprint density at radius 3 is 2.92 bits per heavy atom. The zero-order valence-electron chi connectivity index (χ0n) is 7.12. The van der Waals surface area contributed by atoms with E-state index in [-0.39, 0.29) is 0 Å². The van der Waals surface area contributed by atoms with Crippen LogP contribution in [0.25, 0.3) is 0 Å². The van der Waals surface area contributed by atoms with E-state index >= 15 is 0 Å². The Labute approximate surface area is 72.5 Å². The van der Waals surface area contributed by atoms with Crippen LogP contribution in [0.2, 0.25) is 0 Å². The quantitative estimate of drug-likeness (QED) is 0.628. The fourth-order valence-electron chi connectivity index (χ4n) is 1.70. The maximum Gasteiger partial charge on any atom is 0.176 e. The first-order valence-corrected chi connectivity index (χ1v) is 4.52. The minimum atomic E-state index is 0.623. The van der Waals surface area contributed by atoms with E-state index < -0.39 is 0 Å². The average molecular weight is 166 g/mol. The van der Waals surface area contributed by atoms with Crippen LogP contribution in [-0.2, 0) is 4.74 Å². The number of allylic oxidation sites excluding steroid dienone is 1. The number of hydrogen-bond donors (Lipinski definition) is 1. The summed E-state index contributed by atoms with van der Waals surface area (Å²) in [7, 11) is 0. The lowest BCUT2D eigenvalue weighted by Gasteiger charge is -2.24. The monoisotopic (exact) mass is 166 g/mol. The van der Waals surface area contributed by atoms with Crippen molar-refractivity contribution in [2.24, 2.45) is 10.9 Å². The average Bonchev–Trinajstić information content (AvgIpc) is 2.21. The van der Waals surface area contributed by atoms with E-state index in [2.05, 4.69) is 16.4 Å². The fourth-order valence-corrected chi connectivity index (χ4v) is 1.70. The number of piperidine rings is 1.